The van der Waals surface area contributed by atoms with E-state index in [4.69, 9.17) is 10.00 Å². The van der Waals surface area contributed by atoms with Gasteiger partial charge in [0.1, 0.15) is 23.2 Å². The second-order valence-electron chi connectivity index (χ2n) is 6.90. The number of hydrogen-bond acceptors (Lipinski definition) is 5. The number of ether oxygens (including phenoxy) is 1. The Bertz CT molecular complexity index is 947. The van der Waals surface area contributed by atoms with Crippen molar-refractivity contribution in [3.05, 3.63) is 30.2 Å². The number of rotatable bonds is 3. The number of pyridine rings is 2. The predicted molar refractivity (Wildman–Crippen MR) is 96.5 cm³/mol. The maximum absolute atomic E-state index is 9.13. The number of nitriles is 1. The largest absolute Gasteiger partial charge is 0.490 e. The summed E-state index contributed by atoms with van der Waals surface area (Å²) in [6.45, 7) is 0. The summed E-state index contributed by atoms with van der Waals surface area (Å²) in [5.41, 5.74) is 2.04. The van der Waals surface area contributed by atoms with Crippen LogP contribution in [-0.4, -0.2) is 46.1 Å². The molecule has 25 heavy (non-hydrogen) atoms. The smallest absolute Gasteiger partial charge is 0.142 e. The minimum atomic E-state index is 0.226. The molecule has 1 aliphatic rings. The number of nitrogens with one attached hydrogen (secondary N) is 1. The lowest BCUT2D eigenvalue weighted by molar-refractivity contribution is 0.112. The summed E-state index contributed by atoms with van der Waals surface area (Å²) in [4.78, 5) is 14.1. The molecule has 1 aliphatic carbocycles. The predicted octanol–water partition coefficient (Wildman–Crippen LogP) is 3.23. The van der Waals surface area contributed by atoms with Crippen molar-refractivity contribution < 1.29 is 4.74 Å². The summed E-state index contributed by atoms with van der Waals surface area (Å²) in [6.07, 6.45) is 8.09. The van der Waals surface area contributed by atoms with Gasteiger partial charge in [0.05, 0.1) is 23.2 Å². The first kappa shape index (κ1) is 15.9. The molecule has 3 aromatic rings. The molecule has 0 unspecified atom stereocenters. The van der Waals surface area contributed by atoms with E-state index in [0.717, 1.165) is 53.4 Å². The number of aromatic amines is 1. The summed E-state index contributed by atoms with van der Waals surface area (Å²) in [5.74, 6) is 0.833. The summed E-state index contributed by atoms with van der Waals surface area (Å²) in [7, 11) is 4.29. The third kappa shape index (κ3) is 2.92. The Morgan fingerprint density at radius 2 is 2.04 bits per heavy atom. The highest BCUT2D eigenvalue weighted by molar-refractivity contribution is 6.09. The Morgan fingerprint density at radius 1 is 1.24 bits per heavy atom. The lowest BCUT2D eigenvalue weighted by Gasteiger charge is -2.32. The van der Waals surface area contributed by atoms with Crippen LogP contribution in [0.5, 0.6) is 5.75 Å². The summed E-state index contributed by atoms with van der Waals surface area (Å²) in [5, 5.41) is 11.0. The van der Waals surface area contributed by atoms with Crippen LogP contribution in [0.2, 0.25) is 0 Å². The molecule has 6 heteroatoms. The molecule has 4 rings (SSSR count). The van der Waals surface area contributed by atoms with E-state index in [0.29, 0.717) is 11.7 Å². The van der Waals surface area contributed by atoms with Crippen molar-refractivity contribution in [3.8, 4) is 11.8 Å². The minimum absolute atomic E-state index is 0.226. The van der Waals surface area contributed by atoms with Crippen molar-refractivity contribution in [3.63, 3.8) is 0 Å². The van der Waals surface area contributed by atoms with Crippen LogP contribution in [0.1, 0.15) is 31.4 Å². The van der Waals surface area contributed by atoms with Crippen LogP contribution in [0.3, 0.4) is 0 Å². The molecule has 3 aromatic heterocycles. The first-order valence-corrected chi connectivity index (χ1v) is 8.65. The third-order valence-corrected chi connectivity index (χ3v) is 5.12. The molecule has 0 amide bonds. The van der Waals surface area contributed by atoms with E-state index < -0.39 is 0 Å². The van der Waals surface area contributed by atoms with Crippen LogP contribution >= 0.6 is 0 Å². The Hall–Kier alpha value is -2.65. The molecule has 1 saturated carbocycles. The highest BCUT2D eigenvalue weighted by atomic mass is 16.5. The minimum Gasteiger partial charge on any atom is -0.490 e. The maximum atomic E-state index is 9.13. The van der Waals surface area contributed by atoms with Gasteiger partial charge in [0, 0.05) is 17.6 Å². The average Bonchev–Trinajstić information content (AvgIpc) is 3.00. The normalized spacial score (nSPS) is 20.9. The molecule has 0 radical (unpaired) electrons. The van der Waals surface area contributed by atoms with Crippen LogP contribution in [-0.2, 0) is 0 Å². The maximum Gasteiger partial charge on any atom is 0.142 e. The average molecular weight is 335 g/mol. The van der Waals surface area contributed by atoms with Crippen LogP contribution in [0.25, 0.3) is 21.9 Å². The SMILES string of the molecule is CN(C)C1CCC(Oc2ccnc3[nH]c4cnc(C#N)cc4c23)CC1. The second kappa shape index (κ2) is 6.34. The van der Waals surface area contributed by atoms with E-state index in [1.807, 2.05) is 6.07 Å². The van der Waals surface area contributed by atoms with E-state index in [2.05, 4.69) is 40.0 Å². The van der Waals surface area contributed by atoms with E-state index in [9.17, 15) is 0 Å². The van der Waals surface area contributed by atoms with E-state index in [1.54, 1.807) is 18.5 Å². The standard InChI is InChI=1S/C19H21N5O/c1-24(2)13-3-5-14(6-4-13)25-17-7-8-21-19-18(17)15-9-12(10-20)22-11-16(15)23-19/h7-9,11,13-14H,3-6H2,1-2H3,(H,21,23). The molecule has 128 valence electrons. The fourth-order valence-corrected chi connectivity index (χ4v) is 3.71. The first-order chi connectivity index (χ1) is 12.2. The van der Waals surface area contributed by atoms with Gasteiger partial charge in [-0.25, -0.2) is 9.97 Å². The van der Waals surface area contributed by atoms with Gasteiger partial charge in [-0.3, -0.25) is 0 Å². The molecule has 1 N–H and O–H groups in total. The fraction of sp³-hybridized carbons (Fsp3) is 0.421. The van der Waals surface area contributed by atoms with Gasteiger partial charge in [0.25, 0.3) is 0 Å². The van der Waals surface area contributed by atoms with Gasteiger partial charge >= 0.3 is 0 Å². The summed E-state index contributed by atoms with van der Waals surface area (Å²) in [6, 6.07) is 6.46. The molecular weight excluding hydrogens is 314 g/mol. The monoisotopic (exact) mass is 335 g/mol. The Kier molecular flexibility index (Phi) is 4.02. The number of fused-ring (bicyclic) bond motifs is 3. The Labute approximate surface area is 146 Å². The lowest BCUT2D eigenvalue weighted by atomic mass is 9.92. The third-order valence-electron chi connectivity index (χ3n) is 5.12. The number of nitrogens with zero attached hydrogens (tertiary/aromatic N) is 4. The number of hydrogen-bond donors (Lipinski definition) is 1. The van der Waals surface area contributed by atoms with Crippen LogP contribution < -0.4 is 4.74 Å². The van der Waals surface area contributed by atoms with Crippen LogP contribution in [0.15, 0.2) is 24.5 Å². The lowest BCUT2D eigenvalue weighted by Crippen LogP contribution is -2.35. The number of H-pyrrole nitrogens is 1. The van der Waals surface area contributed by atoms with Crippen molar-refractivity contribution in [2.75, 3.05) is 14.1 Å². The second-order valence-corrected chi connectivity index (χ2v) is 6.90. The van der Waals surface area contributed by atoms with Crippen LogP contribution in [0.4, 0.5) is 0 Å². The Balaban J connectivity index is 1.67. The van der Waals surface area contributed by atoms with Gasteiger partial charge in [-0.15, -0.1) is 0 Å². The van der Waals surface area contributed by atoms with Crippen molar-refractivity contribution in [2.45, 2.75) is 37.8 Å². The molecule has 0 aromatic carbocycles. The molecule has 3 heterocycles. The van der Waals surface area contributed by atoms with Gasteiger partial charge in [0.2, 0.25) is 0 Å². The summed E-state index contributed by atoms with van der Waals surface area (Å²) >= 11 is 0. The topological polar surface area (TPSA) is 77.8 Å². The molecule has 0 bridgehead atoms. The molecule has 0 atom stereocenters. The zero-order valence-corrected chi connectivity index (χ0v) is 14.5. The van der Waals surface area contributed by atoms with Crippen molar-refractivity contribution in [1.82, 2.24) is 19.9 Å². The van der Waals surface area contributed by atoms with Gasteiger partial charge in [0.15, 0.2) is 0 Å². The molecule has 0 spiro atoms. The van der Waals surface area contributed by atoms with Gasteiger partial charge in [-0.05, 0) is 51.9 Å². The van der Waals surface area contributed by atoms with Gasteiger partial charge in [-0.1, -0.05) is 0 Å². The van der Waals surface area contributed by atoms with Gasteiger partial charge < -0.3 is 14.6 Å². The first-order valence-electron chi connectivity index (χ1n) is 8.65. The molecule has 0 aliphatic heterocycles. The highest BCUT2D eigenvalue weighted by Crippen LogP contribution is 2.34. The van der Waals surface area contributed by atoms with Gasteiger partial charge in [-0.2, -0.15) is 5.26 Å². The molecule has 1 fully saturated rings. The zero-order chi connectivity index (χ0) is 17.4. The Morgan fingerprint density at radius 3 is 2.76 bits per heavy atom. The zero-order valence-electron chi connectivity index (χ0n) is 14.5. The van der Waals surface area contributed by atoms with Crippen molar-refractivity contribution >= 4 is 21.9 Å². The number of aromatic nitrogens is 3. The van der Waals surface area contributed by atoms with E-state index in [-0.39, 0.29) is 6.10 Å². The van der Waals surface area contributed by atoms with E-state index >= 15 is 0 Å². The summed E-state index contributed by atoms with van der Waals surface area (Å²) < 4.78 is 6.35. The van der Waals surface area contributed by atoms with Crippen molar-refractivity contribution in [1.29, 1.82) is 5.26 Å². The highest BCUT2D eigenvalue weighted by Gasteiger charge is 2.24. The molecule has 6 nitrogen and oxygen atoms in total. The van der Waals surface area contributed by atoms with Crippen LogP contribution in [0, 0.1) is 11.3 Å². The molecule has 0 saturated heterocycles. The van der Waals surface area contributed by atoms with Crippen molar-refractivity contribution in [2.24, 2.45) is 0 Å². The molecular formula is C19H21N5O. The fourth-order valence-electron chi connectivity index (χ4n) is 3.71. The quantitative estimate of drug-likeness (QED) is 0.795. The van der Waals surface area contributed by atoms with E-state index in [1.165, 1.54) is 0 Å².